The molecule has 2 aromatic rings. The molecule has 28 heavy (non-hydrogen) atoms. The fourth-order valence-corrected chi connectivity index (χ4v) is 3.69. The molecule has 0 radical (unpaired) electrons. The van der Waals surface area contributed by atoms with Gasteiger partial charge in [-0.05, 0) is 43.7 Å². The first-order chi connectivity index (χ1) is 13.3. The average Bonchev–Trinajstić information content (AvgIpc) is 3.29. The summed E-state index contributed by atoms with van der Waals surface area (Å²) in [5.74, 6) is 0.504. The number of alkyl halides is 3. The highest BCUT2D eigenvalue weighted by molar-refractivity contribution is 5.84. The largest absolute Gasteiger partial charge is 0.416 e. The number of carbonyl (C=O) groups is 1. The highest BCUT2D eigenvalue weighted by atomic mass is 19.4. The fourth-order valence-electron chi connectivity index (χ4n) is 3.69. The highest BCUT2D eigenvalue weighted by Gasteiger charge is 2.49. The summed E-state index contributed by atoms with van der Waals surface area (Å²) in [6, 6.07) is 6.00. The number of rotatable bonds is 4. The topological polar surface area (TPSA) is 58.1 Å². The summed E-state index contributed by atoms with van der Waals surface area (Å²) < 4.78 is 38.1. The molecular formula is C20H21F3N4O. The molecule has 0 bridgehead atoms. The number of benzene rings is 1. The smallest absolute Gasteiger partial charge is 0.359 e. The van der Waals surface area contributed by atoms with E-state index in [2.05, 4.69) is 15.3 Å². The Labute approximate surface area is 161 Å². The maximum absolute atomic E-state index is 12.7. The van der Waals surface area contributed by atoms with Gasteiger partial charge in [-0.15, -0.1) is 0 Å². The lowest BCUT2D eigenvalue weighted by molar-refractivity contribution is -0.137. The van der Waals surface area contributed by atoms with E-state index in [4.69, 9.17) is 0 Å². The first kappa shape index (κ1) is 18.7. The van der Waals surface area contributed by atoms with Gasteiger partial charge in [0, 0.05) is 24.7 Å². The number of hydrogen-bond acceptors (Lipinski definition) is 4. The first-order valence-corrected chi connectivity index (χ1v) is 9.31. The highest BCUT2D eigenvalue weighted by Crippen LogP contribution is 2.52. The molecule has 1 saturated carbocycles. The number of anilines is 1. The molecular weight excluding hydrogens is 369 g/mol. The van der Waals surface area contributed by atoms with Gasteiger partial charge in [-0.3, -0.25) is 4.79 Å². The number of nitrogens with zero attached hydrogens (tertiary/aromatic N) is 3. The van der Waals surface area contributed by atoms with Crippen LogP contribution in [0.15, 0.2) is 36.7 Å². The Morgan fingerprint density at radius 2 is 1.89 bits per heavy atom. The Hall–Kier alpha value is -2.64. The molecule has 1 spiro atoms. The van der Waals surface area contributed by atoms with Gasteiger partial charge in [0.25, 0.3) is 0 Å². The minimum atomic E-state index is -4.37. The van der Waals surface area contributed by atoms with Crippen LogP contribution in [0.5, 0.6) is 0 Å². The van der Waals surface area contributed by atoms with Crippen LogP contribution in [0.2, 0.25) is 0 Å². The van der Waals surface area contributed by atoms with Gasteiger partial charge < -0.3 is 10.2 Å². The molecule has 2 aliphatic rings. The molecule has 2 heterocycles. The lowest BCUT2D eigenvalue weighted by Crippen LogP contribution is -2.40. The van der Waals surface area contributed by atoms with E-state index in [1.165, 1.54) is 31.3 Å². The molecule has 5 nitrogen and oxygen atoms in total. The molecule has 1 N–H and O–H groups in total. The summed E-state index contributed by atoms with van der Waals surface area (Å²) in [4.78, 5) is 22.8. The Morgan fingerprint density at radius 3 is 2.50 bits per heavy atom. The number of halogens is 3. The Balaban J connectivity index is 1.44. The van der Waals surface area contributed by atoms with Crippen LogP contribution in [0, 0.1) is 5.41 Å². The van der Waals surface area contributed by atoms with Crippen molar-refractivity contribution in [2.75, 3.05) is 18.4 Å². The SMILES string of the molecule is C[C@@H](Nc1cc(-c2ccc(C(F)(F)F)cc2)ncn1)C(=O)N1CCC2(CC2)C1. The van der Waals surface area contributed by atoms with E-state index in [-0.39, 0.29) is 5.91 Å². The van der Waals surface area contributed by atoms with Crippen molar-refractivity contribution in [3.05, 3.63) is 42.2 Å². The van der Waals surface area contributed by atoms with Crippen molar-refractivity contribution in [2.45, 2.75) is 38.4 Å². The van der Waals surface area contributed by atoms with Crippen LogP contribution in [0.3, 0.4) is 0 Å². The molecule has 0 unspecified atom stereocenters. The second-order valence-corrected chi connectivity index (χ2v) is 7.74. The van der Waals surface area contributed by atoms with E-state index < -0.39 is 17.8 Å². The Kier molecular flexibility index (Phi) is 4.51. The standard InChI is InChI=1S/C20H21F3N4O/c1-13(18(28)27-9-8-19(11-27)6-7-19)26-17-10-16(24-12-25-17)14-2-4-15(5-3-14)20(21,22)23/h2-5,10,12-13H,6-9,11H2,1H3,(H,24,25,26)/t13-/m1/s1. The van der Waals surface area contributed by atoms with Crippen molar-refractivity contribution < 1.29 is 18.0 Å². The maximum atomic E-state index is 12.7. The van der Waals surface area contributed by atoms with Crippen LogP contribution < -0.4 is 5.32 Å². The number of hydrogen-bond donors (Lipinski definition) is 1. The van der Waals surface area contributed by atoms with Gasteiger partial charge in [-0.25, -0.2) is 9.97 Å². The van der Waals surface area contributed by atoms with Crippen molar-refractivity contribution in [1.29, 1.82) is 0 Å². The van der Waals surface area contributed by atoms with Gasteiger partial charge in [0.2, 0.25) is 5.91 Å². The molecule has 148 valence electrons. The normalized spacial score (nSPS) is 18.9. The van der Waals surface area contributed by atoms with E-state index in [1.54, 1.807) is 13.0 Å². The summed E-state index contributed by atoms with van der Waals surface area (Å²) in [6.07, 6.45) is 0.460. The van der Waals surface area contributed by atoms with E-state index in [1.807, 2.05) is 4.90 Å². The number of carbonyl (C=O) groups excluding carboxylic acids is 1. The van der Waals surface area contributed by atoms with Gasteiger partial charge in [-0.1, -0.05) is 12.1 Å². The molecule has 4 rings (SSSR count). The van der Waals surface area contributed by atoms with Crippen LogP contribution in [0.1, 0.15) is 31.7 Å². The molecule has 2 fully saturated rings. The van der Waals surface area contributed by atoms with E-state index >= 15 is 0 Å². The Bertz CT molecular complexity index is 878. The molecule has 1 atom stereocenters. The fraction of sp³-hybridized carbons (Fsp3) is 0.450. The van der Waals surface area contributed by atoms with Crippen LogP contribution >= 0.6 is 0 Å². The lowest BCUT2D eigenvalue weighted by Gasteiger charge is -2.22. The zero-order valence-electron chi connectivity index (χ0n) is 15.5. The third kappa shape index (κ3) is 3.81. The molecule has 1 saturated heterocycles. The van der Waals surface area contributed by atoms with Gasteiger partial charge in [0.1, 0.15) is 18.2 Å². The van der Waals surface area contributed by atoms with Crippen molar-refractivity contribution in [3.8, 4) is 11.3 Å². The summed E-state index contributed by atoms with van der Waals surface area (Å²) in [7, 11) is 0. The number of aromatic nitrogens is 2. The summed E-state index contributed by atoms with van der Waals surface area (Å²) in [5, 5.41) is 3.09. The second kappa shape index (κ2) is 6.76. The van der Waals surface area contributed by atoms with Crippen molar-refractivity contribution in [2.24, 2.45) is 5.41 Å². The summed E-state index contributed by atoms with van der Waals surface area (Å²) >= 11 is 0. The third-order valence-corrected chi connectivity index (χ3v) is 5.62. The quantitative estimate of drug-likeness (QED) is 0.858. The van der Waals surface area contributed by atoms with Gasteiger partial charge in [-0.2, -0.15) is 13.2 Å². The van der Waals surface area contributed by atoms with Gasteiger partial charge in [0.15, 0.2) is 0 Å². The number of amides is 1. The molecule has 1 aliphatic heterocycles. The zero-order valence-corrected chi connectivity index (χ0v) is 15.5. The monoisotopic (exact) mass is 390 g/mol. The van der Waals surface area contributed by atoms with Crippen LogP contribution in [-0.4, -0.2) is 39.9 Å². The second-order valence-electron chi connectivity index (χ2n) is 7.74. The first-order valence-electron chi connectivity index (χ1n) is 9.31. The Morgan fingerprint density at radius 1 is 1.18 bits per heavy atom. The van der Waals surface area contributed by atoms with Crippen molar-refractivity contribution in [3.63, 3.8) is 0 Å². The van der Waals surface area contributed by atoms with E-state index in [0.717, 1.165) is 31.6 Å². The van der Waals surface area contributed by atoms with E-state index in [0.29, 0.717) is 22.5 Å². The van der Waals surface area contributed by atoms with Crippen LogP contribution in [0.4, 0.5) is 19.0 Å². The molecule has 1 amide bonds. The summed E-state index contributed by atoms with van der Waals surface area (Å²) in [6.45, 7) is 3.42. The average molecular weight is 390 g/mol. The van der Waals surface area contributed by atoms with Crippen LogP contribution in [0.25, 0.3) is 11.3 Å². The minimum Gasteiger partial charge on any atom is -0.359 e. The zero-order chi connectivity index (χ0) is 19.9. The van der Waals surface area contributed by atoms with E-state index in [9.17, 15) is 18.0 Å². The van der Waals surface area contributed by atoms with Crippen LogP contribution in [-0.2, 0) is 11.0 Å². The molecule has 1 aromatic heterocycles. The molecule has 1 aliphatic carbocycles. The van der Waals surface area contributed by atoms with Gasteiger partial charge >= 0.3 is 6.18 Å². The number of nitrogens with one attached hydrogen (secondary N) is 1. The molecule has 1 aromatic carbocycles. The van der Waals surface area contributed by atoms with Gasteiger partial charge in [0.05, 0.1) is 11.3 Å². The number of likely N-dealkylation sites (tertiary alicyclic amines) is 1. The van der Waals surface area contributed by atoms with Crippen molar-refractivity contribution in [1.82, 2.24) is 14.9 Å². The lowest BCUT2D eigenvalue weighted by atomic mass is 10.1. The summed E-state index contributed by atoms with van der Waals surface area (Å²) in [5.41, 5.74) is 0.707. The third-order valence-electron chi connectivity index (χ3n) is 5.62. The minimum absolute atomic E-state index is 0.0402. The van der Waals surface area contributed by atoms with Crippen molar-refractivity contribution >= 4 is 11.7 Å². The predicted octanol–water partition coefficient (Wildman–Crippen LogP) is 3.98. The maximum Gasteiger partial charge on any atom is 0.416 e. The predicted molar refractivity (Wildman–Crippen MR) is 98.4 cm³/mol. The molecule has 8 heteroatoms.